The molecule has 1 N–H and O–H groups in total. The molecule has 0 radical (unpaired) electrons. The number of rotatable bonds is 10. The van der Waals surface area contributed by atoms with Crippen LogP contribution in [0.3, 0.4) is 0 Å². The minimum absolute atomic E-state index is 0.122. The number of carbonyl (C=O) groups is 2. The van der Waals surface area contributed by atoms with Gasteiger partial charge >= 0.3 is 0 Å². The number of carbonyl (C=O) groups excluding carboxylic acids is 2. The van der Waals surface area contributed by atoms with Gasteiger partial charge in [0, 0.05) is 24.3 Å². The molecule has 190 valence electrons. The number of aryl methyl sites for hydroxylation is 1. The normalized spacial score (nSPS) is 12.1. The second kappa shape index (κ2) is 12.7. The zero-order chi connectivity index (χ0) is 26.1. The molecule has 3 rings (SSSR count). The van der Waals surface area contributed by atoms with E-state index < -0.39 is 11.6 Å². The fourth-order valence-corrected chi connectivity index (χ4v) is 4.88. The second-order valence-electron chi connectivity index (χ2n) is 10.0. The van der Waals surface area contributed by atoms with Gasteiger partial charge in [-0.15, -0.1) is 11.8 Å². The van der Waals surface area contributed by atoms with Crippen molar-refractivity contribution in [1.82, 2.24) is 10.2 Å². The van der Waals surface area contributed by atoms with Gasteiger partial charge in [0.05, 0.1) is 5.75 Å². The molecule has 3 aromatic rings. The predicted octanol–water partition coefficient (Wildman–Crippen LogP) is 5.92. The van der Waals surface area contributed by atoms with Crippen LogP contribution in [0.4, 0.5) is 4.39 Å². The molecule has 0 spiro atoms. The Hall–Kier alpha value is -3.12. The zero-order valence-corrected chi connectivity index (χ0v) is 22.3. The molecular formula is C30H35FN2O2S. The fraction of sp³-hybridized carbons (Fsp3) is 0.333. The molecule has 0 saturated carbocycles. The fourth-order valence-electron chi connectivity index (χ4n) is 3.90. The lowest BCUT2D eigenvalue weighted by Gasteiger charge is -2.34. The molecule has 0 aliphatic rings. The summed E-state index contributed by atoms with van der Waals surface area (Å²) in [6, 6.07) is 23.2. The van der Waals surface area contributed by atoms with Crippen molar-refractivity contribution in [2.75, 3.05) is 5.75 Å². The number of hydrogen-bond acceptors (Lipinski definition) is 3. The number of benzene rings is 3. The Balaban J connectivity index is 1.87. The van der Waals surface area contributed by atoms with Crippen molar-refractivity contribution in [3.05, 3.63) is 107 Å². The third kappa shape index (κ3) is 8.52. The molecule has 6 heteroatoms. The lowest BCUT2D eigenvalue weighted by atomic mass is 10.0. The van der Waals surface area contributed by atoms with Crippen molar-refractivity contribution in [1.29, 1.82) is 0 Å². The van der Waals surface area contributed by atoms with E-state index in [1.807, 2.05) is 63.2 Å². The molecule has 0 fully saturated rings. The van der Waals surface area contributed by atoms with Crippen molar-refractivity contribution in [2.45, 2.75) is 58.0 Å². The molecule has 1 atom stereocenters. The van der Waals surface area contributed by atoms with Crippen molar-refractivity contribution in [3.8, 4) is 0 Å². The van der Waals surface area contributed by atoms with Gasteiger partial charge in [-0.05, 0) is 62.1 Å². The quantitative estimate of drug-likeness (QED) is 0.371. The Morgan fingerprint density at radius 3 is 2.19 bits per heavy atom. The Morgan fingerprint density at radius 2 is 1.56 bits per heavy atom. The van der Waals surface area contributed by atoms with Crippen LogP contribution in [0.1, 0.15) is 43.0 Å². The first-order valence-electron chi connectivity index (χ1n) is 12.1. The highest BCUT2D eigenvalue weighted by Gasteiger charge is 2.32. The monoisotopic (exact) mass is 506 g/mol. The summed E-state index contributed by atoms with van der Waals surface area (Å²) in [5.41, 5.74) is 3.67. The van der Waals surface area contributed by atoms with Crippen molar-refractivity contribution >= 4 is 23.6 Å². The van der Waals surface area contributed by atoms with Crippen molar-refractivity contribution in [2.24, 2.45) is 0 Å². The molecule has 0 aliphatic heterocycles. The summed E-state index contributed by atoms with van der Waals surface area (Å²) >= 11 is 1.54. The van der Waals surface area contributed by atoms with Crippen molar-refractivity contribution < 1.29 is 14.0 Å². The molecule has 0 heterocycles. The lowest BCUT2D eigenvalue weighted by Crippen LogP contribution is -2.54. The Bertz CT molecular complexity index is 1140. The highest BCUT2D eigenvalue weighted by molar-refractivity contribution is 7.99. The van der Waals surface area contributed by atoms with Crippen molar-refractivity contribution in [3.63, 3.8) is 0 Å². The number of nitrogens with zero attached hydrogens (tertiary/aromatic N) is 1. The maximum atomic E-state index is 13.6. The predicted molar refractivity (Wildman–Crippen MR) is 146 cm³/mol. The van der Waals surface area contributed by atoms with Crippen LogP contribution in [0.2, 0.25) is 0 Å². The van der Waals surface area contributed by atoms with Gasteiger partial charge in [-0.3, -0.25) is 9.59 Å². The Kier molecular flexibility index (Phi) is 9.71. The van der Waals surface area contributed by atoms with E-state index in [1.54, 1.807) is 17.0 Å². The summed E-state index contributed by atoms with van der Waals surface area (Å²) in [5, 5.41) is 3.06. The van der Waals surface area contributed by atoms with Gasteiger partial charge in [0.25, 0.3) is 0 Å². The first-order valence-corrected chi connectivity index (χ1v) is 13.3. The highest BCUT2D eigenvalue weighted by atomic mass is 32.2. The van der Waals surface area contributed by atoms with Gasteiger partial charge in [0.15, 0.2) is 0 Å². The van der Waals surface area contributed by atoms with Gasteiger partial charge in [0.2, 0.25) is 11.8 Å². The van der Waals surface area contributed by atoms with E-state index in [2.05, 4.69) is 24.4 Å². The Labute approximate surface area is 218 Å². The molecule has 4 nitrogen and oxygen atoms in total. The number of nitrogens with one attached hydrogen (secondary N) is 1. The van der Waals surface area contributed by atoms with E-state index in [4.69, 9.17) is 0 Å². The topological polar surface area (TPSA) is 49.4 Å². The summed E-state index contributed by atoms with van der Waals surface area (Å²) in [6.45, 7) is 8.06. The summed E-state index contributed by atoms with van der Waals surface area (Å²) in [6.07, 6.45) is 0.387. The van der Waals surface area contributed by atoms with E-state index in [0.29, 0.717) is 12.2 Å². The summed E-state index contributed by atoms with van der Waals surface area (Å²) in [5.74, 6) is 0.287. The van der Waals surface area contributed by atoms with Crippen LogP contribution in [0.15, 0.2) is 78.9 Å². The lowest BCUT2D eigenvalue weighted by molar-refractivity contribution is -0.140. The number of thioether (sulfide) groups is 1. The number of amides is 2. The highest BCUT2D eigenvalue weighted by Crippen LogP contribution is 2.20. The summed E-state index contributed by atoms with van der Waals surface area (Å²) in [4.78, 5) is 28.8. The van der Waals surface area contributed by atoms with Crippen LogP contribution in [-0.2, 0) is 28.3 Å². The summed E-state index contributed by atoms with van der Waals surface area (Å²) in [7, 11) is 0. The van der Waals surface area contributed by atoms with E-state index in [0.717, 1.165) is 11.1 Å². The largest absolute Gasteiger partial charge is 0.350 e. The molecule has 2 amide bonds. The summed E-state index contributed by atoms with van der Waals surface area (Å²) < 4.78 is 13.6. The van der Waals surface area contributed by atoms with Gasteiger partial charge in [0.1, 0.15) is 11.9 Å². The van der Waals surface area contributed by atoms with E-state index in [9.17, 15) is 14.0 Å². The molecule has 0 saturated heterocycles. The Morgan fingerprint density at radius 1 is 0.917 bits per heavy atom. The van der Waals surface area contributed by atoms with E-state index >= 15 is 0 Å². The van der Waals surface area contributed by atoms with Gasteiger partial charge < -0.3 is 10.2 Å². The van der Waals surface area contributed by atoms with Crippen LogP contribution in [0.25, 0.3) is 0 Å². The number of halogens is 1. The number of hydrogen-bond donors (Lipinski definition) is 1. The molecule has 1 unspecified atom stereocenters. The van der Waals surface area contributed by atoms with E-state index in [-0.39, 0.29) is 29.9 Å². The maximum absolute atomic E-state index is 13.6. The molecule has 36 heavy (non-hydrogen) atoms. The van der Waals surface area contributed by atoms with Crippen LogP contribution in [0, 0.1) is 12.7 Å². The molecular weight excluding hydrogens is 471 g/mol. The van der Waals surface area contributed by atoms with Gasteiger partial charge in [-0.25, -0.2) is 4.39 Å². The van der Waals surface area contributed by atoms with Gasteiger partial charge in [-0.2, -0.15) is 0 Å². The SMILES string of the molecule is Cc1ccccc1CSCC(=O)N(Cc1ccc(F)cc1)C(Cc1ccccc1)C(=O)NC(C)(C)C. The van der Waals surface area contributed by atoms with Crippen LogP contribution in [0.5, 0.6) is 0 Å². The first-order chi connectivity index (χ1) is 17.1. The smallest absolute Gasteiger partial charge is 0.243 e. The molecule has 0 aliphatic carbocycles. The molecule has 3 aromatic carbocycles. The van der Waals surface area contributed by atoms with Crippen LogP contribution < -0.4 is 5.32 Å². The van der Waals surface area contributed by atoms with Gasteiger partial charge in [-0.1, -0.05) is 66.7 Å². The van der Waals surface area contributed by atoms with Crippen LogP contribution in [-0.4, -0.2) is 34.0 Å². The van der Waals surface area contributed by atoms with E-state index in [1.165, 1.54) is 35.0 Å². The maximum Gasteiger partial charge on any atom is 0.243 e. The minimum atomic E-state index is -0.705. The molecule has 0 bridgehead atoms. The third-order valence-corrected chi connectivity index (χ3v) is 6.75. The average Bonchev–Trinajstić information content (AvgIpc) is 2.83. The third-order valence-electron chi connectivity index (χ3n) is 5.78. The molecule has 0 aromatic heterocycles. The van der Waals surface area contributed by atoms with Crippen LogP contribution >= 0.6 is 11.8 Å². The second-order valence-corrected chi connectivity index (χ2v) is 11.0. The minimum Gasteiger partial charge on any atom is -0.350 e. The first kappa shape index (κ1) is 27.5. The standard InChI is InChI=1S/C30H35FN2O2S/c1-22-10-8-9-13-25(22)20-36-21-28(34)33(19-24-14-16-26(31)17-15-24)27(29(35)32-30(2,3)4)18-23-11-6-5-7-12-23/h5-17,27H,18-21H2,1-4H3,(H,32,35). The average molecular weight is 507 g/mol. The zero-order valence-electron chi connectivity index (χ0n) is 21.5.